The molecule has 1 amide bonds. The van der Waals surface area contributed by atoms with Gasteiger partial charge in [-0.1, -0.05) is 23.8 Å². The Labute approximate surface area is 154 Å². The number of rotatable bonds is 4. The molecule has 5 heteroatoms. The molecular formula is C20H27N3OS. The Morgan fingerprint density at radius 2 is 2.16 bits per heavy atom. The summed E-state index contributed by atoms with van der Waals surface area (Å²) in [5.74, 6) is 0.696. The van der Waals surface area contributed by atoms with Crippen molar-refractivity contribution in [3.05, 3.63) is 39.9 Å². The van der Waals surface area contributed by atoms with Gasteiger partial charge in [-0.3, -0.25) is 4.79 Å². The number of thiazole rings is 1. The summed E-state index contributed by atoms with van der Waals surface area (Å²) in [7, 11) is 1.98. The predicted molar refractivity (Wildman–Crippen MR) is 104 cm³/mol. The van der Waals surface area contributed by atoms with Gasteiger partial charge in [-0.15, -0.1) is 11.3 Å². The van der Waals surface area contributed by atoms with E-state index < -0.39 is 0 Å². The highest BCUT2D eigenvalue weighted by Gasteiger charge is 2.27. The number of nitrogens with zero attached hydrogens (tertiary/aromatic N) is 2. The minimum atomic E-state index is 0.145. The molecule has 0 aliphatic carbocycles. The first kappa shape index (κ1) is 18.1. The minimum Gasteiger partial charge on any atom is -0.338 e. The topological polar surface area (TPSA) is 45.2 Å². The van der Waals surface area contributed by atoms with Crippen LogP contribution in [0.5, 0.6) is 0 Å². The van der Waals surface area contributed by atoms with Crippen LogP contribution in [0.4, 0.5) is 0 Å². The Kier molecular flexibility index (Phi) is 5.54. The van der Waals surface area contributed by atoms with Crippen LogP contribution in [-0.2, 0) is 0 Å². The van der Waals surface area contributed by atoms with Gasteiger partial charge in [0.15, 0.2) is 0 Å². The third-order valence-electron chi connectivity index (χ3n) is 4.90. The van der Waals surface area contributed by atoms with E-state index in [1.807, 2.05) is 18.9 Å². The van der Waals surface area contributed by atoms with Crippen molar-refractivity contribution < 1.29 is 4.79 Å². The van der Waals surface area contributed by atoms with Gasteiger partial charge < -0.3 is 10.2 Å². The summed E-state index contributed by atoms with van der Waals surface area (Å²) in [5.41, 5.74) is 4.43. The quantitative estimate of drug-likeness (QED) is 0.905. The van der Waals surface area contributed by atoms with Gasteiger partial charge in [-0.25, -0.2) is 4.98 Å². The number of piperidine rings is 1. The van der Waals surface area contributed by atoms with Crippen molar-refractivity contribution in [2.75, 3.05) is 26.7 Å². The SMILES string of the molecule is CNC[C@H]1CCCN(C(=O)c2sc(-c3ccc(C)cc3C)nc2C)C1. The molecule has 0 unspecified atom stereocenters. The summed E-state index contributed by atoms with van der Waals surface area (Å²) in [5, 5.41) is 4.18. The number of hydrogen-bond acceptors (Lipinski definition) is 4. The summed E-state index contributed by atoms with van der Waals surface area (Å²) in [6, 6.07) is 6.38. The fourth-order valence-electron chi connectivity index (χ4n) is 3.61. The summed E-state index contributed by atoms with van der Waals surface area (Å²) < 4.78 is 0. The molecule has 0 spiro atoms. The number of amides is 1. The number of hydrogen-bond donors (Lipinski definition) is 1. The molecule has 2 aromatic rings. The van der Waals surface area contributed by atoms with Crippen LogP contribution in [0.15, 0.2) is 18.2 Å². The average Bonchev–Trinajstić information content (AvgIpc) is 2.96. The fourth-order valence-corrected chi connectivity index (χ4v) is 4.74. The Hall–Kier alpha value is -1.72. The van der Waals surface area contributed by atoms with E-state index >= 15 is 0 Å². The lowest BCUT2D eigenvalue weighted by Gasteiger charge is -2.32. The minimum absolute atomic E-state index is 0.145. The van der Waals surface area contributed by atoms with Crippen molar-refractivity contribution in [2.45, 2.75) is 33.6 Å². The molecule has 0 radical (unpaired) electrons. The second-order valence-electron chi connectivity index (χ2n) is 7.07. The molecule has 2 heterocycles. The van der Waals surface area contributed by atoms with Crippen molar-refractivity contribution in [3.8, 4) is 10.6 Å². The van der Waals surface area contributed by atoms with Gasteiger partial charge in [0.05, 0.1) is 5.69 Å². The lowest BCUT2D eigenvalue weighted by Crippen LogP contribution is -2.42. The predicted octanol–water partition coefficient (Wildman–Crippen LogP) is 3.81. The highest BCUT2D eigenvalue weighted by Crippen LogP contribution is 2.32. The number of carbonyl (C=O) groups excluding carboxylic acids is 1. The van der Waals surface area contributed by atoms with Crippen molar-refractivity contribution in [1.82, 2.24) is 15.2 Å². The third kappa shape index (κ3) is 3.93. The lowest BCUT2D eigenvalue weighted by atomic mass is 9.98. The zero-order valence-electron chi connectivity index (χ0n) is 15.6. The smallest absolute Gasteiger partial charge is 0.265 e. The number of carbonyl (C=O) groups is 1. The Balaban J connectivity index is 1.83. The van der Waals surface area contributed by atoms with Gasteiger partial charge in [0.25, 0.3) is 5.91 Å². The second kappa shape index (κ2) is 7.67. The van der Waals surface area contributed by atoms with Crippen LogP contribution in [0.25, 0.3) is 10.6 Å². The molecule has 0 bridgehead atoms. The largest absolute Gasteiger partial charge is 0.338 e. The molecule has 1 saturated heterocycles. The van der Waals surface area contributed by atoms with Gasteiger partial charge in [0, 0.05) is 18.7 Å². The highest BCUT2D eigenvalue weighted by atomic mass is 32.1. The van der Waals surface area contributed by atoms with Crippen LogP contribution in [0, 0.1) is 26.7 Å². The third-order valence-corrected chi connectivity index (χ3v) is 6.08. The van der Waals surface area contributed by atoms with Gasteiger partial charge in [0.1, 0.15) is 9.88 Å². The van der Waals surface area contributed by atoms with Crippen molar-refractivity contribution >= 4 is 17.2 Å². The first-order valence-corrected chi connectivity index (χ1v) is 9.80. The van der Waals surface area contributed by atoms with Crippen LogP contribution in [0.3, 0.4) is 0 Å². The second-order valence-corrected chi connectivity index (χ2v) is 8.07. The molecule has 134 valence electrons. The number of nitrogens with one attached hydrogen (secondary N) is 1. The van der Waals surface area contributed by atoms with E-state index in [4.69, 9.17) is 4.98 Å². The number of likely N-dealkylation sites (tertiary alicyclic amines) is 1. The van der Waals surface area contributed by atoms with Crippen LogP contribution >= 0.6 is 11.3 Å². The maximum atomic E-state index is 13.0. The highest BCUT2D eigenvalue weighted by molar-refractivity contribution is 7.17. The van der Waals surface area contributed by atoms with Crippen LogP contribution in [0.1, 0.15) is 39.3 Å². The van der Waals surface area contributed by atoms with E-state index in [-0.39, 0.29) is 5.91 Å². The summed E-state index contributed by atoms with van der Waals surface area (Å²) >= 11 is 1.53. The molecule has 3 rings (SSSR count). The van der Waals surface area contributed by atoms with E-state index in [2.05, 4.69) is 37.4 Å². The van der Waals surface area contributed by atoms with E-state index in [1.165, 1.54) is 28.9 Å². The maximum absolute atomic E-state index is 13.0. The standard InChI is InChI=1S/C20H27N3OS/c1-13-7-8-17(14(2)10-13)19-22-15(3)18(25-19)20(24)23-9-5-6-16(12-23)11-21-4/h7-8,10,16,21H,5-6,9,11-12H2,1-4H3/t16-/m1/s1. The van der Waals surface area contributed by atoms with Gasteiger partial charge in [-0.05, 0) is 58.7 Å². The Morgan fingerprint density at radius 3 is 2.88 bits per heavy atom. The molecule has 0 saturated carbocycles. The molecule has 1 atom stereocenters. The van der Waals surface area contributed by atoms with Gasteiger partial charge >= 0.3 is 0 Å². The average molecular weight is 358 g/mol. The molecule has 4 nitrogen and oxygen atoms in total. The lowest BCUT2D eigenvalue weighted by molar-refractivity contribution is 0.0678. The summed E-state index contributed by atoms with van der Waals surface area (Å²) in [4.78, 5) is 20.5. The Bertz CT molecular complexity index is 766. The first-order valence-electron chi connectivity index (χ1n) is 8.98. The van der Waals surface area contributed by atoms with E-state index in [9.17, 15) is 4.79 Å². The molecule has 1 N–H and O–H groups in total. The molecule has 1 fully saturated rings. The van der Waals surface area contributed by atoms with Gasteiger partial charge in [-0.2, -0.15) is 0 Å². The van der Waals surface area contributed by atoms with Crippen LogP contribution in [-0.4, -0.2) is 42.5 Å². The fraction of sp³-hybridized carbons (Fsp3) is 0.500. The van der Waals surface area contributed by atoms with E-state index in [1.54, 1.807) is 0 Å². The number of aryl methyl sites for hydroxylation is 3. The molecule has 25 heavy (non-hydrogen) atoms. The molecule has 1 aromatic carbocycles. The van der Waals surface area contributed by atoms with Crippen LogP contribution in [0.2, 0.25) is 0 Å². The molecule has 1 aliphatic rings. The van der Waals surface area contributed by atoms with Crippen molar-refractivity contribution in [3.63, 3.8) is 0 Å². The van der Waals surface area contributed by atoms with E-state index in [0.717, 1.165) is 47.2 Å². The number of aromatic nitrogens is 1. The zero-order valence-corrected chi connectivity index (χ0v) is 16.4. The molecular weight excluding hydrogens is 330 g/mol. The Morgan fingerprint density at radius 1 is 1.36 bits per heavy atom. The van der Waals surface area contributed by atoms with Crippen molar-refractivity contribution in [2.24, 2.45) is 5.92 Å². The van der Waals surface area contributed by atoms with E-state index in [0.29, 0.717) is 5.92 Å². The monoisotopic (exact) mass is 357 g/mol. The summed E-state index contributed by atoms with van der Waals surface area (Å²) in [6.45, 7) is 8.82. The maximum Gasteiger partial charge on any atom is 0.265 e. The normalized spacial score (nSPS) is 17.8. The van der Waals surface area contributed by atoms with Gasteiger partial charge in [0.2, 0.25) is 0 Å². The first-order chi connectivity index (χ1) is 12.0. The summed E-state index contributed by atoms with van der Waals surface area (Å²) in [6.07, 6.45) is 2.28. The van der Waals surface area contributed by atoms with Crippen LogP contribution < -0.4 is 5.32 Å². The zero-order chi connectivity index (χ0) is 18.0. The molecule has 1 aromatic heterocycles. The number of benzene rings is 1. The molecule has 1 aliphatic heterocycles. The van der Waals surface area contributed by atoms with Crippen molar-refractivity contribution in [1.29, 1.82) is 0 Å².